The van der Waals surface area contributed by atoms with Crippen LogP contribution >= 0.6 is 23.9 Å². The van der Waals surface area contributed by atoms with Crippen molar-refractivity contribution >= 4 is 57.5 Å². The smallest absolute Gasteiger partial charge is 0.225 e. The average molecular weight is 483 g/mol. The minimum atomic E-state index is 0.359. The third kappa shape index (κ3) is 5.01. The van der Waals surface area contributed by atoms with Gasteiger partial charge in [-0.3, -0.25) is 0 Å². The van der Waals surface area contributed by atoms with Crippen molar-refractivity contribution < 1.29 is 0 Å². The van der Waals surface area contributed by atoms with Crippen molar-refractivity contribution in [2.75, 3.05) is 29.6 Å². The van der Waals surface area contributed by atoms with Gasteiger partial charge in [0.05, 0.1) is 23.1 Å². The number of aromatic nitrogens is 4. The molecule has 1 aromatic carbocycles. The second-order valence-electron chi connectivity index (χ2n) is 9.13. The summed E-state index contributed by atoms with van der Waals surface area (Å²) in [6, 6.07) is 6.66. The van der Waals surface area contributed by atoms with Crippen LogP contribution in [0, 0.1) is 0 Å². The molecule has 2 aromatic heterocycles. The number of anilines is 3. The molecule has 0 spiro atoms. The van der Waals surface area contributed by atoms with E-state index >= 15 is 0 Å². The summed E-state index contributed by atoms with van der Waals surface area (Å²) in [5, 5.41) is 11.0. The van der Waals surface area contributed by atoms with Crippen LogP contribution in [0.5, 0.6) is 0 Å². The van der Waals surface area contributed by atoms with Crippen LogP contribution in [0.3, 0.4) is 0 Å². The molecule has 33 heavy (non-hydrogen) atoms. The molecule has 0 bridgehead atoms. The predicted molar refractivity (Wildman–Crippen MR) is 139 cm³/mol. The summed E-state index contributed by atoms with van der Waals surface area (Å²) in [4.78, 5) is 11.9. The lowest BCUT2D eigenvalue weighted by Crippen LogP contribution is -2.42. The van der Waals surface area contributed by atoms with E-state index in [4.69, 9.17) is 22.2 Å². The zero-order valence-corrected chi connectivity index (χ0v) is 20.7. The number of nitrogens with zero attached hydrogens (tertiary/aromatic N) is 5. The fourth-order valence-corrected chi connectivity index (χ4v) is 5.65. The van der Waals surface area contributed by atoms with Crippen LogP contribution in [-0.2, 0) is 12.8 Å². The third-order valence-corrected chi connectivity index (χ3v) is 7.28. The van der Waals surface area contributed by atoms with E-state index in [9.17, 15) is 0 Å². The van der Waals surface area contributed by atoms with E-state index in [-0.39, 0.29) is 0 Å². The van der Waals surface area contributed by atoms with Gasteiger partial charge in [0.15, 0.2) is 5.11 Å². The Kier molecular flexibility index (Phi) is 6.55. The zero-order valence-electron chi connectivity index (χ0n) is 19.1. The van der Waals surface area contributed by atoms with Crippen molar-refractivity contribution in [1.82, 2.24) is 24.0 Å². The first kappa shape index (κ1) is 22.2. The van der Waals surface area contributed by atoms with E-state index in [1.807, 2.05) is 18.2 Å². The molecule has 0 radical (unpaired) electrons. The van der Waals surface area contributed by atoms with Crippen LogP contribution in [0.1, 0.15) is 49.8 Å². The SMILES string of the molecule is CN(C)c1nc(N[C@H]2CC[C@@H](NC(=S)Nc3cccc4nsnc34)CC2)nc2c1CCCC2. The lowest BCUT2D eigenvalue weighted by molar-refractivity contribution is 0.387. The van der Waals surface area contributed by atoms with E-state index in [0.717, 1.165) is 67.0 Å². The number of aryl methyl sites for hydroxylation is 1. The number of thiocarbonyl (C=S) groups is 1. The first-order valence-electron chi connectivity index (χ1n) is 11.7. The Bertz CT molecular complexity index is 1140. The lowest BCUT2D eigenvalue weighted by Gasteiger charge is -2.31. The molecule has 8 nitrogen and oxygen atoms in total. The highest BCUT2D eigenvalue weighted by Gasteiger charge is 2.24. The molecule has 174 valence electrons. The Morgan fingerprint density at radius 2 is 1.82 bits per heavy atom. The lowest BCUT2D eigenvalue weighted by atomic mass is 9.91. The molecule has 5 rings (SSSR count). The van der Waals surface area contributed by atoms with Gasteiger partial charge in [-0.05, 0) is 75.7 Å². The molecule has 2 aliphatic carbocycles. The fraction of sp³-hybridized carbons (Fsp3) is 0.522. The zero-order chi connectivity index (χ0) is 22.8. The number of hydrogen-bond donors (Lipinski definition) is 3. The summed E-state index contributed by atoms with van der Waals surface area (Å²) in [6.07, 6.45) is 8.80. The fourth-order valence-electron chi connectivity index (χ4n) is 4.82. The van der Waals surface area contributed by atoms with E-state index in [0.29, 0.717) is 17.2 Å². The molecular formula is C23H30N8S2. The van der Waals surface area contributed by atoms with Crippen molar-refractivity contribution in [3.05, 3.63) is 29.5 Å². The molecule has 1 fully saturated rings. The van der Waals surface area contributed by atoms with E-state index in [2.05, 4.69) is 43.7 Å². The van der Waals surface area contributed by atoms with Crippen LogP contribution in [0.4, 0.5) is 17.5 Å². The highest BCUT2D eigenvalue weighted by molar-refractivity contribution is 7.80. The van der Waals surface area contributed by atoms with Gasteiger partial charge in [0, 0.05) is 31.7 Å². The van der Waals surface area contributed by atoms with Crippen molar-refractivity contribution in [2.45, 2.75) is 63.5 Å². The molecular weight excluding hydrogens is 452 g/mol. The van der Waals surface area contributed by atoms with Crippen LogP contribution in [0.2, 0.25) is 0 Å². The van der Waals surface area contributed by atoms with Gasteiger partial charge in [-0.2, -0.15) is 13.7 Å². The molecule has 2 aliphatic rings. The van der Waals surface area contributed by atoms with Gasteiger partial charge in [-0.1, -0.05) is 6.07 Å². The molecule has 1 saturated carbocycles. The molecule has 0 aliphatic heterocycles. The Balaban J connectivity index is 1.16. The second kappa shape index (κ2) is 9.72. The normalized spacial score (nSPS) is 20.2. The van der Waals surface area contributed by atoms with Crippen molar-refractivity contribution in [3.63, 3.8) is 0 Å². The van der Waals surface area contributed by atoms with Gasteiger partial charge in [-0.25, -0.2) is 4.98 Å². The third-order valence-electron chi connectivity index (χ3n) is 6.51. The van der Waals surface area contributed by atoms with Gasteiger partial charge < -0.3 is 20.9 Å². The quantitative estimate of drug-likeness (QED) is 0.464. The molecule has 3 aromatic rings. The average Bonchev–Trinajstić information content (AvgIpc) is 3.30. The topological polar surface area (TPSA) is 90.9 Å². The summed E-state index contributed by atoms with van der Waals surface area (Å²) in [7, 11) is 4.14. The Labute approximate surface area is 203 Å². The highest BCUT2D eigenvalue weighted by atomic mass is 32.1. The monoisotopic (exact) mass is 482 g/mol. The molecule has 0 unspecified atom stereocenters. The summed E-state index contributed by atoms with van der Waals surface area (Å²) in [6.45, 7) is 0. The van der Waals surface area contributed by atoms with Gasteiger partial charge in [-0.15, -0.1) is 0 Å². The maximum absolute atomic E-state index is 5.58. The highest BCUT2D eigenvalue weighted by Crippen LogP contribution is 2.29. The van der Waals surface area contributed by atoms with E-state index < -0.39 is 0 Å². The minimum absolute atomic E-state index is 0.359. The Hall–Kier alpha value is -2.59. The molecule has 0 atom stereocenters. The molecule has 0 saturated heterocycles. The van der Waals surface area contributed by atoms with Gasteiger partial charge in [0.1, 0.15) is 16.9 Å². The number of nitrogens with one attached hydrogen (secondary N) is 3. The maximum atomic E-state index is 5.58. The van der Waals surface area contributed by atoms with E-state index in [1.54, 1.807) is 0 Å². The summed E-state index contributed by atoms with van der Waals surface area (Å²) in [5.74, 6) is 1.84. The Morgan fingerprint density at radius 3 is 2.64 bits per heavy atom. The second-order valence-corrected chi connectivity index (χ2v) is 10.1. The van der Waals surface area contributed by atoms with Gasteiger partial charge in [0.25, 0.3) is 0 Å². The standard InChI is InChI=1S/C23H30N8S2/c1-31(2)21-16-6-3-4-7-17(16)26-22(28-21)24-14-10-12-15(13-11-14)25-23(32)27-18-8-5-9-19-20(18)30-33-29-19/h5,8-9,14-15H,3-4,6-7,10-13H2,1-2H3,(H,24,26,28)(H2,25,27,32)/t14-,15+. The first-order valence-corrected chi connectivity index (χ1v) is 12.8. The molecule has 0 amide bonds. The van der Waals surface area contributed by atoms with Gasteiger partial charge in [0.2, 0.25) is 5.95 Å². The van der Waals surface area contributed by atoms with Crippen LogP contribution in [0.25, 0.3) is 11.0 Å². The molecule has 3 N–H and O–H groups in total. The minimum Gasteiger partial charge on any atom is -0.362 e. The summed E-state index contributed by atoms with van der Waals surface area (Å²) in [5.41, 5.74) is 5.20. The van der Waals surface area contributed by atoms with Crippen LogP contribution < -0.4 is 20.9 Å². The number of fused-ring (bicyclic) bond motifs is 2. The number of benzene rings is 1. The first-order chi connectivity index (χ1) is 16.1. The van der Waals surface area contributed by atoms with Crippen molar-refractivity contribution in [2.24, 2.45) is 0 Å². The van der Waals surface area contributed by atoms with Crippen LogP contribution in [-0.4, -0.2) is 50.0 Å². The predicted octanol–water partition coefficient (Wildman–Crippen LogP) is 4.14. The summed E-state index contributed by atoms with van der Waals surface area (Å²) >= 11 is 6.79. The van der Waals surface area contributed by atoms with E-state index in [1.165, 1.54) is 35.8 Å². The Morgan fingerprint density at radius 1 is 1.03 bits per heavy atom. The maximum Gasteiger partial charge on any atom is 0.225 e. The van der Waals surface area contributed by atoms with Gasteiger partial charge >= 0.3 is 0 Å². The molecule has 10 heteroatoms. The molecule has 2 heterocycles. The number of rotatable bonds is 5. The van der Waals surface area contributed by atoms with Crippen molar-refractivity contribution in [1.29, 1.82) is 0 Å². The summed E-state index contributed by atoms with van der Waals surface area (Å²) < 4.78 is 8.66. The largest absolute Gasteiger partial charge is 0.362 e. The van der Waals surface area contributed by atoms with Crippen molar-refractivity contribution in [3.8, 4) is 0 Å². The van der Waals surface area contributed by atoms with Crippen LogP contribution in [0.15, 0.2) is 18.2 Å². The number of hydrogen-bond acceptors (Lipinski definition) is 8.